The lowest BCUT2D eigenvalue weighted by Crippen LogP contribution is -2.60. The maximum atomic E-state index is 15.0. The smallest absolute Gasteiger partial charge is 0.326 e. The van der Waals surface area contributed by atoms with Crippen LogP contribution in [0.3, 0.4) is 0 Å². The highest BCUT2D eigenvalue weighted by Crippen LogP contribution is 2.41. The van der Waals surface area contributed by atoms with E-state index >= 15 is 4.79 Å². The van der Waals surface area contributed by atoms with E-state index in [0.29, 0.717) is 42.4 Å². The zero-order valence-corrected chi connectivity index (χ0v) is 50.5. The number of carbonyl (C=O) groups excluding carboxylic acids is 9. The van der Waals surface area contributed by atoms with Crippen molar-refractivity contribution in [3.05, 3.63) is 120 Å². The number of likely N-dealkylation sites (tertiary alicyclic amines) is 2. The zero-order valence-electron chi connectivity index (χ0n) is 50.5. The van der Waals surface area contributed by atoms with E-state index in [-0.39, 0.29) is 82.5 Å². The molecular weight excluding hydrogens is 1140 g/mol. The number of nitrogens with zero attached hydrogens (tertiary/aromatic N) is 4. The highest BCUT2D eigenvalue weighted by Gasteiger charge is 2.51. The molecule has 3 aliphatic rings. The Morgan fingerprint density at radius 2 is 1.24 bits per heavy atom. The van der Waals surface area contributed by atoms with Gasteiger partial charge in [-0.3, -0.25) is 48.1 Å². The molecule has 478 valence electrons. The number of nitrogens with one attached hydrogen (secondary N) is 6. The molecule has 1 saturated carbocycles. The Labute approximate surface area is 517 Å². The van der Waals surface area contributed by atoms with Crippen LogP contribution in [0.4, 0.5) is 0 Å². The number of likely N-dealkylation sites (N-methyl/N-ethyl adjacent to an activating group) is 1. The van der Waals surface area contributed by atoms with Gasteiger partial charge in [0.15, 0.2) is 5.96 Å². The lowest BCUT2D eigenvalue weighted by atomic mass is 9.84. The average molecular weight is 1230 g/mol. The second-order valence-electron chi connectivity index (χ2n) is 23.2. The van der Waals surface area contributed by atoms with E-state index < -0.39 is 121 Å². The third kappa shape index (κ3) is 18.8. The number of aliphatic imine (C=N–C) groups is 1. The Morgan fingerprint density at radius 1 is 0.640 bits per heavy atom. The predicted octanol–water partition coefficient (Wildman–Crippen LogP) is 0.275. The van der Waals surface area contributed by atoms with Crippen molar-refractivity contribution in [3.63, 3.8) is 0 Å². The normalized spacial score (nSPS) is 19.0. The molecule has 25 nitrogen and oxygen atoms in total. The minimum Gasteiger partial charge on any atom is -0.480 e. The summed E-state index contributed by atoms with van der Waals surface area (Å²) in [7, 11) is 1.35. The van der Waals surface area contributed by atoms with Gasteiger partial charge in [0.25, 0.3) is 0 Å². The summed E-state index contributed by atoms with van der Waals surface area (Å²) in [6.45, 7) is 0.314. The number of carboxylic acid groups (broad SMARTS) is 1. The lowest BCUT2D eigenvalue weighted by molar-refractivity contribution is -0.150. The zero-order chi connectivity index (χ0) is 64.1. The third-order valence-corrected chi connectivity index (χ3v) is 16.9. The van der Waals surface area contributed by atoms with E-state index in [1.165, 1.54) is 18.9 Å². The Balaban J connectivity index is 1.05. The second kappa shape index (κ2) is 32.8. The van der Waals surface area contributed by atoms with Gasteiger partial charge in [-0.05, 0) is 97.7 Å². The first-order chi connectivity index (χ1) is 42.8. The molecule has 2 unspecified atom stereocenters. The molecule has 2 aliphatic heterocycles. The number of carboxylic acids is 1. The van der Waals surface area contributed by atoms with Gasteiger partial charge in [0.2, 0.25) is 53.2 Å². The van der Waals surface area contributed by atoms with Crippen LogP contribution in [-0.2, 0) is 67.2 Å². The summed E-state index contributed by atoms with van der Waals surface area (Å²) in [6.07, 6.45) is 4.87. The topological polar surface area (TPSA) is 383 Å². The molecule has 1 aliphatic carbocycles. The van der Waals surface area contributed by atoms with E-state index in [9.17, 15) is 53.4 Å². The van der Waals surface area contributed by atoms with E-state index in [2.05, 4.69) is 36.9 Å². The Bertz CT molecular complexity index is 3170. The minimum absolute atomic E-state index is 0.0316. The molecule has 89 heavy (non-hydrogen) atoms. The SMILES string of the molecule is CC(=O)N[C@@H](CCCN)C(=O)N[C@@H](CCCN=C(N)N)C(=O)N1C2CCCCC2C[C@H]1C(=O)N1CCC[C@H]1C(=O)NCC(=O)N(C)[C@@H](Cc1ccccc1)C(=O)N[C@@H](CO)C(=O)N[C@H](Cc1ccc2ccccc2c1)C(=O)N[C@@H](Cc1ccccc1)C(=O)O. The van der Waals surface area contributed by atoms with Crippen molar-refractivity contribution in [1.29, 1.82) is 0 Å². The van der Waals surface area contributed by atoms with Crippen molar-refractivity contribution >= 4 is 75.9 Å². The summed E-state index contributed by atoms with van der Waals surface area (Å²) in [4.78, 5) is 148. The summed E-state index contributed by atoms with van der Waals surface area (Å²) < 4.78 is 0. The second-order valence-corrected chi connectivity index (χ2v) is 23.2. The van der Waals surface area contributed by atoms with Crippen LogP contribution in [0.2, 0.25) is 0 Å². The molecule has 4 aromatic carbocycles. The molecule has 25 heteroatoms. The van der Waals surface area contributed by atoms with Gasteiger partial charge >= 0.3 is 5.97 Å². The molecule has 0 bridgehead atoms. The van der Waals surface area contributed by atoms with E-state index in [4.69, 9.17) is 17.2 Å². The number of benzene rings is 4. The van der Waals surface area contributed by atoms with Crippen LogP contribution in [0.25, 0.3) is 10.8 Å². The number of amides is 9. The quantitative estimate of drug-likeness (QED) is 0.0190. The summed E-state index contributed by atoms with van der Waals surface area (Å²) in [5.41, 5.74) is 18.8. The van der Waals surface area contributed by atoms with E-state index in [1.54, 1.807) is 71.6 Å². The molecule has 0 aromatic heterocycles. The van der Waals surface area contributed by atoms with Crippen LogP contribution in [-0.4, -0.2) is 184 Å². The molecule has 2 saturated heterocycles. The first-order valence-corrected chi connectivity index (χ1v) is 30.6. The number of aliphatic hydroxyl groups is 1. The minimum atomic E-state index is -1.68. The molecule has 7 rings (SSSR count). The standard InChI is InChI=1S/C64H85N13O12/c1-39(79)70-46(23-13-29-65)56(81)71-47(24-14-30-68-64(66)67)61(86)77-51-25-12-11-22-45(51)36-54(77)62(87)76-31-15-26-52(76)59(84)69-37-55(80)75(2)53(35-41-18-7-4-8-19-41)60(85)74-50(38-78)58(83)72-48(34-42-27-28-43-20-9-10-21-44(43)32-42)57(82)73-49(63(88)89)33-40-16-5-3-6-17-40/h3-10,16-21,27-28,32,45-54,78H,11-15,22-26,29-31,33-38,65H2,1-2H3,(H,69,84)(H,70,79)(H,71,81)(H,72,83)(H,73,82)(H,74,85)(H,88,89)(H4,66,67,68)/t45?,46-,47-,48+,49-,50-,51?,52-,53-,54-/m0/s1. The van der Waals surface area contributed by atoms with Crippen LogP contribution in [0.15, 0.2) is 108 Å². The fraction of sp³-hybridized carbons (Fsp3) is 0.484. The van der Waals surface area contributed by atoms with Gasteiger partial charge in [0.1, 0.15) is 48.3 Å². The Hall–Kier alpha value is -8.97. The van der Waals surface area contributed by atoms with Crippen molar-refractivity contribution < 1.29 is 58.2 Å². The number of carbonyl (C=O) groups is 10. The van der Waals surface area contributed by atoms with Gasteiger partial charge in [-0.1, -0.05) is 116 Å². The van der Waals surface area contributed by atoms with Crippen LogP contribution in [0.1, 0.15) is 94.2 Å². The van der Waals surface area contributed by atoms with Gasteiger partial charge in [-0.25, -0.2) is 4.79 Å². The van der Waals surface area contributed by atoms with Gasteiger partial charge in [-0.2, -0.15) is 0 Å². The van der Waals surface area contributed by atoms with Crippen molar-refractivity contribution in [2.24, 2.45) is 28.1 Å². The highest BCUT2D eigenvalue weighted by atomic mass is 16.4. The van der Waals surface area contributed by atoms with Gasteiger partial charge in [0, 0.05) is 52.4 Å². The molecule has 4 aromatic rings. The molecular formula is C64H85N13O12. The van der Waals surface area contributed by atoms with Crippen molar-refractivity contribution in [3.8, 4) is 0 Å². The molecule has 10 atom stereocenters. The number of rotatable bonds is 30. The van der Waals surface area contributed by atoms with Gasteiger partial charge < -0.3 is 74.0 Å². The predicted molar refractivity (Wildman–Crippen MR) is 331 cm³/mol. The van der Waals surface area contributed by atoms with Crippen LogP contribution < -0.4 is 49.1 Å². The lowest BCUT2D eigenvalue weighted by Gasteiger charge is -2.37. The summed E-state index contributed by atoms with van der Waals surface area (Å²) in [5.74, 6) is -7.51. The maximum absolute atomic E-state index is 15.0. The summed E-state index contributed by atoms with van der Waals surface area (Å²) in [6, 6.07) is 20.1. The number of guanidine groups is 1. The molecule has 9 amide bonds. The number of fused-ring (bicyclic) bond motifs is 2. The number of aliphatic hydroxyl groups excluding tert-OH is 1. The molecule has 3 fully saturated rings. The van der Waals surface area contributed by atoms with Gasteiger partial charge in [0.05, 0.1) is 13.2 Å². The first kappa shape index (κ1) is 67.5. The number of aliphatic carboxylic acids is 1. The first-order valence-electron chi connectivity index (χ1n) is 30.6. The molecule has 0 radical (unpaired) electrons. The fourth-order valence-corrected chi connectivity index (χ4v) is 12.2. The van der Waals surface area contributed by atoms with E-state index in [1.807, 2.05) is 36.4 Å². The number of nitrogens with two attached hydrogens (primary N) is 3. The monoisotopic (exact) mass is 1230 g/mol. The average Bonchev–Trinajstić information content (AvgIpc) is 2.73. The molecule has 14 N–H and O–H groups in total. The molecule has 2 heterocycles. The third-order valence-electron chi connectivity index (χ3n) is 16.9. The van der Waals surface area contributed by atoms with Crippen molar-refractivity contribution in [2.45, 2.75) is 151 Å². The summed E-state index contributed by atoms with van der Waals surface area (Å²) in [5, 5.41) is 38.6. The number of hydrogen-bond acceptors (Lipinski definition) is 13. The summed E-state index contributed by atoms with van der Waals surface area (Å²) >= 11 is 0. The Kier molecular flexibility index (Phi) is 24.9. The van der Waals surface area contributed by atoms with Crippen molar-refractivity contribution in [2.75, 3.05) is 39.8 Å². The van der Waals surface area contributed by atoms with Crippen LogP contribution in [0, 0.1) is 5.92 Å². The fourth-order valence-electron chi connectivity index (χ4n) is 12.2. The highest BCUT2D eigenvalue weighted by molar-refractivity contribution is 5.98. The Morgan fingerprint density at radius 3 is 1.90 bits per heavy atom. The van der Waals surface area contributed by atoms with E-state index in [0.717, 1.165) is 34.9 Å². The maximum Gasteiger partial charge on any atom is 0.326 e. The largest absolute Gasteiger partial charge is 0.480 e. The number of hydrogen-bond donors (Lipinski definition) is 11. The van der Waals surface area contributed by atoms with Crippen molar-refractivity contribution in [1.82, 2.24) is 46.6 Å². The van der Waals surface area contributed by atoms with Crippen LogP contribution >= 0.6 is 0 Å². The molecule has 0 spiro atoms. The van der Waals surface area contributed by atoms with Crippen LogP contribution in [0.5, 0.6) is 0 Å². The van der Waals surface area contributed by atoms with Gasteiger partial charge in [-0.15, -0.1) is 0 Å².